The molecule has 0 N–H and O–H groups in total. The van der Waals surface area contributed by atoms with E-state index in [2.05, 4.69) is 56.6 Å². The highest BCUT2D eigenvalue weighted by atomic mass is 32.1. The third-order valence-electron chi connectivity index (χ3n) is 4.47. The van der Waals surface area contributed by atoms with Gasteiger partial charge in [-0.3, -0.25) is 9.80 Å². The van der Waals surface area contributed by atoms with Crippen LogP contribution < -0.4 is 0 Å². The van der Waals surface area contributed by atoms with E-state index >= 15 is 0 Å². The minimum absolute atomic E-state index is 0.747. The Balaban J connectivity index is 2.29. The van der Waals surface area contributed by atoms with Gasteiger partial charge in [0.2, 0.25) is 0 Å². The molecule has 0 spiro atoms. The van der Waals surface area contributed by atoms with Crippen molar-refractivity contribution in [2.45, 2.75) is 66.7 Å². The summed E-state index contributed by atoms with van der Waals surface area (Å²) in [4.78, 5) is 13.9. The minimum atomic E-state index is 0.747. The van der Waals surface area contributed by atoms with Gasteiger partial charge in [0, 0.05) is 0 Å². The lowest BCUT2D eigenvalue weighted by molar-refractivity contribution is 0.215. The largest absolute Gasteiger partial charge is 0.313 e. The Kier molecular flexibility index (Phi) is 8.68. The van der Waals surface area contributed by atoms with Crippen LogP contribution in [-0.2, 0) is 13.3 Å². The molecule has 0 aromatic carbocycles. The molecule has 0 aliphatic heterocycles. The Morgan fingerprint density at radius 2 is 1.19 bits per heavy atom. The number of hydrogen-bond donors (Lipinski definition) is 0. The van der Waals surface area contributed by atoms with Gasteiger partial charge in [-0.2, -0.15) is 0 Å². The number of aromatic nitrogens is 4. The molecule has 2 rings (SSSR count). The molecule has 2 aromatic heterocycles. The van der Waals surface area contributed by atoms with Gasteiger partial charge in [-0.05, 0) is 51.9 Å². The number of rotatable bonds is 12. The molecule has 6 nitrogen and oxygen atoms in total. The van der Waals surface area contributed by atoms with Crippen LogP contribution in [0.25, 0.3) is 11.2 Å². The molecule has 0 atom stereocenters. The van der Waals surface area contributed by atoms with E-state index in [0.29, 0.717) is 0 Å². The van der Waals surface area contributed by atoms with Crippen LogP contribution in [0.15, 0.2) is 12.7 Å². The van der Waals surface area contributed by atoms with Crippen LogP contribution in [0.5, 0.6) is 0 Å². The fourth-order valence-electron chi connectivity index (χ4n) is 3.41. The van der Waals surface area contributed by atoms with Crippen LogP contribution in [0, 0.1) is 4.64 Å². The Morgan fingerprint density at radius 1 is 0.769 bits per heavy atom. The summed E-state index contributed by atoms with van der Waals surface area (Å²) < 4.78 is 5.08. The van der Waals surface area contributed by atoms with Crippen LogP contribution in [0.1, 0.15) is 53.4 Å². The molecule has 0 aliphatic rings. The summed E-state index contributed by atoms with van der Waals surface area (Å²) in [5, 5.41) is 0. The van der Waals surface area contributed by atoms with Crippen molar-refractivity contribution in [3.63, 3.8) is 0 Å². The zero-order valence-electron chi connectivity index (χ0n) is 16.8. The van der Waals surface area contributed by atoms with Crippen molar-refractivity contribution in [3.05, 3.63) is 17.3 Å². The third-order valence-corrected chi connectivity index (χ3v) is 4.89. The summed E-state index contributed by atoms with van der Waals surface area (Å²) in [7, 11) is 0. The number of nitrogens with zero attached hydrogens (tertiary/aromatic N) is 6. The zero-order valence-corrected chi connectivity index (χ0v) is 17.6. The smallest absolute Gasteiger partial charge is 0.182 e. The first-order valence-electron chi connectivity index (χ1n) is 9.99. The maximum Gasteiger partial charge on any atom is 0.182 e. The van der Waals surface area contributed by atoms with E-state index in [1.807, 2.05) is 12.7 Å². The average Bonchev–Trinajstić information content (AvgIpc) is 3.02. The molecule has 0 aliphatic carbocycles. The van der Waals surface area contributed by atoms with Crippen LogP contribution in [0.4, 0.5) is 0 Å². The number of imidazole rings is 1. The molecule has 2 heterocycles. The van der Waals surface area contributed by atoms with Crippen molar-refractivity contribution in [1.82, 2.24) is 28.9 Å². The normalized spacial score (nSPS) is 11.9. The van der Waals surface area contributed by atoms with E-state index < -0.39 is 0 Å². The maximum absolute atomic E-state index is 5.82. The molecule has 0 radical (unpaired) electrons. The van der Waals surface area contributed by atoms with E-state index in [9.17, 15) is 0 Å². The summed E-state index contributed by atoms with van der Waals surface area (Å²) in [5.41, 5.74) is 1.73. The fourth-order valence-corrected chi connectivity index (χ4v) is 3.72. The molecule has 0 saturated heterocycles. The van der Waals surface area contributed by atoms with Gasteiger partial charge in [0.05, 0.1) is 26.0 Å². The van der Waals surface area contributed by atoms with Crippen LogP contribution in [0.3, 0.4) is 0 Å². The van der Waals surface area contributed by atoms with Gasteiger partial charge in [0.15, 0.2) is 5.65 Å². The fraction of sp³-hybridized carbons (Fsp3) is 0.737. The predicted octanol–water partition coefficient (Wildman–Crippen LogP) is 4.12. The van der Waals surface area contributed by atoms with Crippen LogP contribution >= 0.6 is 12.2 Å². The van der Waals surface area contributed by atoms with Gasteiger partial charge < -0.3 is 9.13 Å². The van der Waals surface area contributed by atoms with E-state index in [1.165, 1.54) is 0 Å². The second-order valence-corrected chi connectivity index (χ2v) is 7.31. The van der Waals surface area contributed by atoms with Crippen LogP contribution in [0.2, 0.25) is 0 Å². The average molecular weight is 379 g/mol. The lowest BCUT2D eigenvalue weighted by atomic mass is 10.4. The molecule has 26 heavy (non-hydrogen) atoms. The molecule has 0 saturated carbocycles. The molecule has 0 bridgehead atoms. The Labute approximate surface area is 162 Å². The van der Waals surface area contributed by atoms with E-state index in [-0.39, 0.29) is 0 Å². The summed E-state index contributed by atoms with van der Waals surface area (Å²) in [5.74, 6) is 0. The van der Waals surface area contributed by atoms with Gasteiger partial charge in [-0.25, -0.2) is 9.97 Å². The first kappa shape index (κ1) is 21.0. The summed E-state index contributed by atoms with van der Waals surface area (Å²) in [6.07, 6.45) is 8.30. The number of hydrogen-bond acceptors (Lipinski definition) is 5. The second kappa shape index (κ2) is 10.7. The van der Waals surface area contributed by atoms with E-state index in [4.69, 9.17) is 12.2 Å². The predicted molar refractivity (Wildman–Crippen MR) is 111 cm³/mol. The van der Waals surface area contributed by atoms with Crippen molar-refractivity contribution >= 4 is 23.4 Å². The Bertz CT molecular complexity index is 710. The first-order valence-corrected chi connectivity index (χ1v) is 10.4. The second-order valence-electron chi connectivity index (χ2n) is 6.92. The molecule has 0 unspecified atom stereocenters. The van der Waals surface area contributed by atoms with E-state index in [1.54, 1.807) is 0 Å². The molecular weight excluding hydrogens is 344 g/mol. The Hall–Kier alpha value is -1.31. The Morgan fingerprint density at radius 3 is 1.65 bits per heavy atom. The number of fused-ring (bicyclic) bond motifs is 1. The highest BCUT2D eigenvalue weighted by Crippen LogP contribution is 2.14. The standard InChI is InChI=1S/C19H34N6S/c1-5-9-22(10-6-2)15-24-13-20-18-17(24)19(26)25(14-21-18)16-23(11-7-3)12-8-4/h13-14H,5-12,15-16H2,1-4H3. The molecule has 2 aromatic rings. The summed E-state index contributed by atoms with van der Waals surface area (Å²) in [6, 6.07) is 0. The van der Waals surface area contributed by atoms with Crippen molar-refractivity contribution < 1.29 is 0 Å². The third kappa shape index (κ3) is 5.34. The first-order chi connectivity index (χ1) is 12.6. The van der Waals surface area contributed by atoms with Gasteiger partial charge in [0.1, 0.15) is 10.2 Å². The zero-order chi connectivity index (χ0) is 18.9. The summed E-state index contributed by atoms with van der Waals surface area (Å²) in [6.45, 7) is 14.8. The molecule has 146 valence electrons. The lowest BCUT2D eigenvalue weighted by Crippen LogP contribution is -2.29. The highest BCUT2D eigenvalue weighted by molar-refractivity contribution is 7.71. The highest BCUT2D eigenvalue weighted by Gasteiger charge is 2.12. The molecule has 0 amide bonds. The van der Waals surface area contributed by atoms with Gasteiger partial charge in [-0.1, -0.05) is 39.9 Å². The maximum atomic E-state index is 5.82. The van der Waals surface area contributed by atoms with Crippen molar-refractivity contribution in [3.8, 4) is 0 Å². The van der Waals surface area contributed by atoms with Crippen molar-refractivity contribution in [1.29, 1.82) is 0 Å². The topological polar surface area (TPSA) is 42.1 Å². The van der Waals surface area contributed by atoms with Crippen molar-refractivity contribution in [2.24, 2.45) is 0 Å². The monoisotopic (exact) mass is 378 g/mol. The van der Waals surface area contributed by atoms with Gasteiger partial charge in [0.25, 0.3) is 0 Å². The molecular formula is C19H34N6S. The minimum Gasteiger partial charge on any atom is -0.313 e. The van der Waals surface area contributed by atoms with Gasteiger partial charge >= 0.3 is 0 Å². The van der Waals surface area contributed by atoms with Crippen LogP contribution in [-0.4, -0.2) is 55.1 Å². The van der Waals surface area contributed by atoms with Gasteiger partial charge in [-0.15, -0.1) is 0 Å². The molecule has 0 fully saturated rings. The van der Waals surface area contributed by atoms with Crippen molar-refractivity contribution in [2.75, 3.05) is 26.2 Å². The lowest BCUT2D eigenvalue weighted by Gasteiger charge is -2.23. The van der Waals surface area contributed by atoms with E-state index in [0.717, 1.165) is 81.0 Å². The quantitative estimate of drug-likeness (QED) is 0.520. The molecule has 7 heteroatoms. The summed E-state index contributed by atoms with van der Waals surface area (Å²) >= 11 is 5.82. The SMILES string of the molecule is CCCN(CCC)Cn1cnc2ncn(CN(CCC)CCC)c2c1=S.